The molecule has 70 valence electrons. The second-order valence-electron chi connectivity index (χ2n) is 2.83. The van der Waals surface area contributed by atoms with Crippen LogP contribution in [0.3, 0.4) is 0 Å². The number of hydrogen-bond donors (Lipinski definition) is 1. The van der Waals surface area contributed by atoms with E-state index in [1.54, 1.807) is 0 Å². The molecule has 0 fully saturated rings. The summed E-state index contributed by atoms with van der Waals surface area (Å²) < 4.78 is 0. The Balaban J connectivity index is 2.98. The molecule has 0 rings (SSSR count). The van der Waals surface area contributed by atoms with Crippen molar-refractivity contribution in [1.29, 1.82) is 0 Å². The Kier molecular flexibility index (Phi) is 9.95. The van der Waals surface area contributed by atoms with Gasteiger partial charge in [-0.05, 0) is 38.8 Å². The fraction of sp³-hybridized carbons (Fsp3) is 0.636. The minimum atomic E-state index is 1.07. The molecular weight excluding hydrogens is 146 g/mol. The second kappa shape index (κ2) is 10.4. The number of nitrogens with one attached hydrogen (secondary N) is 1. The van der Waals surface area contributed by atoms with E-state index in [0.717, 1.165) is 25.9 Å². The summed E-state index contributed by atoms with van der Waals surface area (Å²) in [5.74, 6) is 0. The van der Waals surface area contributed by atoms with Crippen LogP contribution in [0, 0.1) is 0 Å². The molecule has 0 bridgehead atoms. The zero-order chi connectivity index (χ0) is 9.07. The maximum Gasteiger partial charge on any atom is -0.00144 e. The maximum absolute atomic E-state index is 3.68. The Hall–Kier alpha value is -0.560. The van der Waals surface area contributed by atoms with E-state index in [9.17, 15) is 0 Å². The highest BCUT2D eigenvalue weighted by molar-refractivity contribution is 4.83. The van der Waals surface area contributed by atoms with Gasteiger partial charge in [-0.15, -0.1) is 6.58 Å². The average molecular weight is 167 g/mol. The number of hydrogen-bond acceptors (Lipinski definition) is 1. The summed E-state index contributed by atoms with van der Waals surface area (Å²) in [6.45, 7) is 8.00. The third-order valence-electron chi connectivity index (χ3n) is 1.68. The van der Waals surface area contributed by atoms with Gasteiger partial charge in [-0.1, -0.05) is 25.2 Å². The van der Waals surface area contributed by atoms with Crippen LogP contribution < -0.4 is 5.32 Å². The van der Waals surface area contributed by atoms with E-state index in [2.05, 4.69) is 31.0 Å². The van der Waals surface area contributed by atoms with Crippen molar-refractivity contribution in [1.82, 2.24) is 5.32 Å². The zero-order valence-electron chi connectivity index (χ0n) is 8.18. The first-order valence-corrected chi connectivity index (χ1v) is 4.88. The van der Waals surface area contributed by atoms with E-state index in [1.807, 2.05) is 6.08 Å². The summed E-state index contributed by atoms with van der Waals surface area (Å²) in [4.78, 5) is 0. The molecule has 0 radical (unpaired) electrons. The van der Waals surface area contributed by atoms with Gasteiger partial charge in [-0.25, -0.2) is 0 Å². The van der Waals surface area contributed by atoms with Crippen molar-refractivity contribution >= 4 is 0 Å². The molecule has 12 heavy (non-hydrogen) atoms. The second-order valence-corrected chi connectivity index (χ2v) is 2.83. The van der Waals surface area contributed by atoms with Crippen molar-refractivity contribution in [3.05, 3.63) is 24.8 Å². The third kappa shape index (κ3) is 9.44. The van der Waals surface area contributed by atoms with Gasteiger partial charge in [0, 0.05) is 0 Å². The Labute approximate surface area is 76.6 Å². The molecule has 1 heteroatoms. The number of unbranched alkanes of at least 4 members (excludes halogenated alkanes) is 2. The first kappa shape index (κ1) is 11.4. The van der Waals surface area contributed by atoms with Crippen molar-refractivity contribution in [3.63, 3.8) is 0 Å². The average Bonchev–Trinajstić information content (AvgIpc) is 2.10. The summed E-state index contributed by atoms with van der Waals surface area (Å²) in [5, 5.41) is 3.28. The minimum absolute atomic E-state index is 1.07. The summed E-state index contributed by atoms with van der Waals surface area (Å²) in [6, 6.07) is 0. The van der Waals surface area contributed by atoms with E-state index < -0.39 is 0 Å². The summed E-state index contributed by atoms with van der Waals surface area (Å²) in [5.41, 5.74) is 0. The molecule has 0 aliphatic heterocycles. The van der Waals surface area contributed by atoms with Gasteiger partial charge in [-0.3, -0.25) is 0 Å². The lowest BCUT2D eigenvalue weighted by atomic mass is 10.2. The van der Waals surface area contributed by atoms with Crippen LogP contribution in [0.15, 0.2) is 24.8 Å². The molecule has 0 atom stereocenters. The lowest BCUT2D eigenvalue weighted by Crippen LogP contribution is -2.12. The van der Waals surface area contributed by atoms with Crippen LogP contribution in [-0.4, -0.2) is 13.1 Å². The molecule has 0 unspecified atom stereocenters. The largest absolute Gasteiger partial charge is 0.317 e. The Bertz CT molecular complexity index is 116. The molecule has 0 amide bonds. The van der Waals surface area contributed by atoms with Crippen LogP contribution in [0.2, 0.25) is 0 Å². The van der Waals surface area contributed by atoms with Crippen molar-refractivity contribution < 1.29 is 0 Å². The van der Waals surface area contributed by atoms with Gasteiger partial charge < -0.3 is 5.32 Å². The van der Waals surface area contributed by atoms with Gasteiger partial charge >= 0.3 is 0 Å². The number of allylic oxidation sites excluding steroid dienone is 2. The van der Waals surface area contributed by atoms with Gasteiger partial charge in [0.2, 0.25) is 0 Å². The molecular formula is C11H21N. The molecule has 1 N–H and O–H groups in total. The quantitative estimate of drug-likeness (QED) is 0.433. The van der Waals surface area contributed by atoms with Gasteiger partial charge in [0.1, 0.15) is 0 Å². The summed E-state index contributed by atoms with van der Waals surface area (Å²) in [7, 11) is 0. The molecule has 0 saturated heterocycles. The van der Waals surface area contributed by atoms with Crippen molar-refractivity contribution in [2.24, 2.45) is 0 Å². The van der Waals surface area contributed by atoms with Crippen LogP contribution in [0.1, 0.15) is 32.6 Å². The molecule has 0 aromatic carbocycles. The molecule has 1 nitrogen and oxygen atoms in total. The first-order valence-electron chi connectivity index (χ1n) is 4.88. The predicted molar refractivity (Wildman–Crippen MR) is 56.3 cm³/mol. The normalized spacial score (nSPS) is 10.8. The molecule has 0 spiro atoms. The van der Waals surface area contributed by atoms with Crippen LogP contribution in [0.4, 0.5) is 0 Å². The van der Waals surface area contributed by atoms with Gasteiger partial charge in [0.15, 0.2) is 0 Å². The lowest BCUT2D eigenvalue weighted by molar-refractivity contribution is 0.724. The van der Waals surface area contributed by atoms with E-state index in [-0.39, 0.29) is 0 Å². The van der Waals surface area contributed by atoms with E-state index in [1.165, 1.54) is 12.8 Å². The lowest BCUT2D eigenvalue weighted by Gasteiger charge is -1.95. The zero-order valence-corrected chi connectivity index (χ0v) is 8.18. The van der Waals surface area contributed by atoms with E-state index >= 15 is 0 Å². The van der Waals surface area contributed by atoms with E-state index in [0.29, 0.717) is 0 Å². The van der Waals surface area contributed by atoms with Crippen LogP contribution in [0.25, 0.3) is 0 Å². The topological polar surface area (TPSA) is 12.0 Å². The molecule has 0 aromatic heterocycles. The summed E-state index contributed by atoms with van der Waals surface area (Å²) >= 11 is 0. The standard InChI is InChI=1S/C11H21N/c1-3-5-6-7-8-9-10-11-12-4-2/h3,8-9,12H,1,4-7,10-11H2,2H3. The third-order valence-corrected chi connectivity index (χ3v) is 1.68. The van der Waals surface area contributed by atoms with Crippen molar-refractivity contribution in [2.45, 2.75) is 32.6 Å². The maximum atomic E-state index is 3.68. The van der Waals surface area contributed by atoms with Crippen LogP contribution >= 0.6 is 0 Å². The minimum Gasteiger partial charge on any atom is -0.317 e. The Morgan fingerprint density at radius 2 is 1.92 bits per heavy atom. The highest BCUT2D eigenvalue weighted by atomic mass is 14.8. The smallest absolute Gasteiger partial charge is 0.00144 e. The monoisotopic (exact) mass is 167 g/mol. The first-order chi connectivity index (χ1) is 5.91. The van der Waals surface area contributed by atoms with Crippen LogP contribution in [-0.2, 0) is 0 Å². The Morgan fingerprint density at radius 1 is 1.17 bits per heavy atom. The molecule has 0 heterocycles. The molecule has 0 aromatic rings. The number of rotatable bonds is 8. The Morgan fingerprint density at radius 3 is 2.58 bits per heavy atom. The van der Waals surface area contributed by atoms with Gasteiger partial charge in [-0.2, -0.15) is 0 Å². The predicted octanol–water partition coefficient (Wildman–Crippen LogP) is 2.90. The van der Waals surface area contributed by atoms with Gasteiger partial charge in [0.05, 0.1) is 0 Å². The SMILES string of the molecule is C=CCCCC=CCCNCC. The highest BCUT2D eigenvalue weighted by Gasteiger charge is 1.80. The van der Waals surface area contributed by atoms with Crippen molar-refractivity contribution in [2.75, 3.05) is 13.1 Å². The summed E-state index contributed by atoms with van der Waals surface area (Å²) in [6.07, 6.45) is 11.2. The molecule has 0 aliphatic rings. The molecule has 0 aliphatic carbocycles. The van der Waals surface area contributed by atoms with Crippen LogP contribution in [0.5, 0.6) is 0 Å². The highest BCUT2D eigenvalue weighted by Crippen LogP contribution is 1.97. The van der Waals surface area contributed by atoms with Crippen molar-refractivity contribution in [3.8, 4) is 0 Å². The fourth-order valence-electron chi connectivity index (χ4n) is 0.978. The fourth-order valence-corrected chi connectivity index (χ4v) is 0.978. The molecule has 0 saturated carbocycles. The van der Waals surface area contributed by atoms with E-state index in [4.69, 9.17) is 0 Å². The van der Waals surface area contributed by atoms with Gasteiger partial charge in [0.25, 0.3) is 0 Å².